The Morgan fingerprint density at radius 3 is 2.68 bits per heavy atom. The predicted molar refractivity (Wildman–Crippen MR) is 81.1 cm³/mol. The zero-order valence-electron chi connectivity index (χ0n) is 9.85. The average Bonchev–Trinajstić information content (AvgIpc) is 2.42. The second kappa shape index (κ2) is 4.73. The number of carbonyl (C=O) groups is 1. The van der Waals surface area contributed by atoms with Gasteiger partial charge in [-0.3, -0.25) is 4.79 Å². The average molecular weight is 366 g/mol. The fourth-order valence-electron chi connectivity index (χ4n) is 2.08. The first-order chi connectivity index (χ1) is 9.15. The van der Waals surface area contributed by atoms with Crippen molar-refractivity contribution in [2.45, 2.75) is 6.17 Å². The summed E-state index contributed by atoms with van der Waals surface area (Å²) in [5.74, 6) is 0.148. The lowest BCUT2D eigenvalue weighted by Gasteiger charge is -2.28. The summed E-state index contributed by atoms with van der Waals surface area (Å²) in [7, 11) is 0. The van der Waals surface area contributed by atoms with Crippen molar-refractivity contribution in [2.75, 3.05) is 5.32 Å². The monoisotopic (exact) mass is 366 g/mol. The number of aromatic hydroxyl groups is 1. The summed E-state index contributed by atoms with van der Waals surface area (Å²) in [6.07, 6.45) is -0.281. The van der Waals surface area contributed by atoms with Crippen molar-refractivity contribution in [1.29, 1.82) is 0 Å². The van der Waals surface area contributed by atoms with E-state index in [2.05, 4.69) is 33.2 Å². The van der Waals surface area contributed by atoms with E-state index in [-0.39, 0.29) is 17.8 Å². The number of benzene rings is 2. The van der Waals surface area contributed by atoms with Crippen LogP contribution in [0.15, 0.2) is 42.5 Å². The van der Waals surface area contributed by atoms with E-state index in [1.807, 2.05) is 24.3 Å². The van der Waals surface area contributed by atoms with Crippen LogP contribution in [-0.2, 0) is 0 Å². The molecule has 0 saturated carbocycles. The quantitative estimate of drug-likeness (QED) is 0.681. The fraction of sp³-hybridized carbons (Fsp3) is 0.0714. The highest BCUT2D eigenvalue weighted by Crippen LogP contribution is 2.29. The molecule has 3 rings (SSSR count). The Morgan fingerprint density at radius 2 is 1.89 bits per heavy atom. The summed E-state index contributed by atoms with van der Waals surface area (Å²) in [4.78, 5) is 12.0. The molecular weight excluding hydrogens is 355 g/mol. The van der Waals surface area contributed by atoms with Gasteiger partial charge in [0, 0.05) is 5.69 Å². The van der Waals surface area contributed by atoms with Crippen LogP contribution in [-0.4, -0.2) is 11.0 Å². The van der Waals surface area contributed by atoms with Crippen LogP contribution in [0.5, 0.6) is 5.75 Å². The molecule has 4 nitrogen and oxygen atoms in total. The van der Waals surface area contributed by atoms with Crippen molar-refractivity contribution in [3.05, 3.63) is 57.2 Å². The van der Waals surface area contributed by atoms with Gasteiger partial charge in [0.25, 0.3) is 5.91 Å². The van der Waals surface area contributed by atoms with Gasteiger partial charge >= 0.3 is 0 Å². The predicted octanol–water partition coefficient (Wildman–Crippen LogP) is 2.85. The number of rotatable bonds is 1. The minimum absolute atomic E-state index is 0.0950. The van der Waals surface area contributed by atoms with Gasteiger partial charge in [-0.1, -0.05) is 18.2 Å². The number of hydrogen-bond acceptors (Lipinski definition) is 3. The van der Waals surface area contributed by atoms with E-state index in [0.29, 0.717) is 5.56 Å². The van der Waals surface area contributed by atoms with Crippen molar-refractivity contribution in [3.63, 3.8) is 0 Å². The summed E-state index contributed by atoms with van der Waals surface area (Å²) in [5, 5.41) is 15.7. The van der Waals surface area contributed by atoms with Crippen molar-refractivity contribution in [2.24, 2.45) is 0 Å². The largest absolute Gasteiger partial charge is 0.507 e. The Morgan fingerprint density at radius 1 is 1.11 bits per heavy atom. The van der Waals surface area contributed by atoms with E-state index in [9.17, 15) is 9.90 Å². The first-order valence-corrected chi connectivity index (χ1v) is 6.88. The maximum Gasteiger partial charge on any atom is 0.255 e. The van der Waals surface area contributed by atoms with Crippen LogP contribution in [0.25, 0.3) is 0 Å². The number of halogens is 1. The number of nitrogens with one attached hydrogen (secondary N) is 2. The number of phenolic OH excluding ortho intramolecular Hbond substituents is 1. The molecule has 96 valence electrons. The minimum Gasteiger partial charge on any atom is -0.507 e. The SMILES string of the molecule is O=C1NC(c2ccc(O)c(I)c2)Nc2ccccc21. The molecule has 1 amide bonds. The number of amides is 1. The lowest BCUT2D eigenvalue weighted by Crippen LogP contribution is -2.38. The van der Waals surface area contributed by atoms with Crippen molar-refractivity contribution in [3.8, 4) is 5.75 Å². The number of phenols is 1. The molecule has 0 fully saturated rings. The number of hydrogen-bond donors (Lipinski definition) is 3. The van der Waals surface area contributed by atoms with E-state index in [1.165, 1.54) is 0 Å². The van der Waals surface area contributed by atoms with E-state index < -0.39 is 0 Å². The van der Waals surface area contributed by atoms with Gasteiger partial charge in [0.15, 0.2) is 0 Å². The minimum atomic E-state index is -0.281. The van der Waals surface area contributed by atoms with Gasteiger partial charge in [0.05, 0.1) is 9.13 Å². The lowest BCUT2D eigenvalue weighted by molar-refractivity contribution is 0.0935. The highest BCUT2D eigenvalue weighted by molar-refractivity contribution is 14.1. The van der Waals surface area contributed by atoms with Gasteiger partial charge in [-0.2, -0.15) is 0 Å². The molecule has 2 aromatic rings. The fourth-order valence-corrected chi connectivity index (χ4v) is 2.62. The first-order valence-electron chi connectivity index (χ1n) is 5.80. The molecule has 1 unspecified atom stereocenters. The Balaban J connectivity index is 1.96. The molecule has 0 aliphatic carbocycles. The van der Waals surface area contributed by atoms with Crippen LogP contribution in [0.3, 0.4) is 0 Å². The molecule has 0 spiro atoms. The van der Waals surface area contributed by atoms with E-state index in [4.69, 9.17) is 0 Å². The third kappa shape index (κ3) is 2.25. The highest BCUT2D eigenvalue weighted by Gasteiger charge is 2.24. The molecule has 1 aliphatic heterocycles. The normalized spacial score (nSPS) is 17.3. The third-order valence-electron chi connectivity index (χ3n) is 3.05. The molecule has 0 bridgehead atoms. The number of carbonyl (C=O) groups excluding carboxylic acids is 1. The molecule has 5 heteroatoms. The molecule has 19 heavy (non-hydrogen) atoms. The molecule has 1 heterocycles. The summed E-state index contributed by atoms with van der Waals surface area (Å²) in [6.45, 7) is 0. The van der Waals surface area contributed by atoms with Gasteiger partial charge in [0.2, 0.25) is 0 Å². The standard InChI is InChI=1S/C14H11IN2O2/c15-10-7-8(5-6-12(10)18)13-16-11-4-2-1-3-9(11)14(19)17-13/h1-7,13,16,18H,(H,17,19). The van der Waals surface area contributed by atoms with Crippen LogP contribution in [0.2, 0.25) is 0 Å². The van der Waals surface area contributed by atoms with Gasteiger partial charge in [-0.25, -0.2) is 0 Å². The summed E-state index contributed by atoms with van der Waals surface area (Å²) >= 11 is 2.06. The van der Waals surface area contributed by atoms with Crippen molar-refractivity contribution < 1.29 is 9.90 Å². The zero-order valence-corrected chi connectivity index (χ0v) is 12.0. The third-order valence-corrected chi connectivity index (χ3v) is 3.92. The molecular formula is C14H11IN2O2. The maximum absolute atomic E-state index is 12.0. The molecule has 3 N–H and O–H groups in total. The van der Waals surface area contributed by atoms with Crippen LogP contribution in [0.4, 0.5) is 5.69 Å². The number of anilines is 1. The Bertz CT molecular complexity index is 658. The molecule has 0 saturated heterocycles. The zero-order chi connectivity index (χ0) is 13.4. The van der Waals surface area contributed by atoms with Gasteiger partial charge in [-0.05, 0) is 52.4 Å². The topological polar surface area (TPSA) is 61.4 Å². The highest BCUT2D eigenvalue weighted by atomic mass is 127. The van der Waals surface area contributed by atoms with E-state index in [0.717, 1.165) is 14.8 Å². The van der Waals surface area contributed by atoms with Gasteiger partial charge in [-0.15, -0.1) is 0 Å². The molecule has 0 aromatic heterocycles. The van der Waals surface area contributed by atoms with E-state index >= 15 is 0 Å². The maximum atomic E-state index is 12.0. The number of para-hydroxylation sites is 1. The summed E-state index contributed by atoms with van der Waals surface area (Å²) < 4.78 is 0.755. The molecule has 2 aromatic carbocycles. The second-order valence-electron chi connectivity index (χ2n) is 4.31. The van der Waals surface area contributed by atoms with Crippen LogP contribution in [0, 0.1) is 3.57 Å². The molecule has 1 aliphatic rings. The first kappa shape index (κ1) is 12.3. The molecule has 0 radical (unpaired) electrons. The lowest BCUT2D eigenvalue weighted by atomic mass is 10.1. The second-order valence-corrected chi connectivity index (χ2v) is 5.47. The van der Waals surface area contributed by atoms with Crippen molar-refractivity contribution >= 4 is 34.2 Å². The Kier molecular flexibility index (Phi) is 3.06. The summed E-state index contributed by atoms with van der Waals surface area (Å²) in [5.41, 5.74) is 2.37. The number of fused-ring (bicyclic) bond motifs is 1. The van der Waals surface area contributed by atoms with Crippen LogP contribution in [0.1, 0.15) is 22.1 Å². The molecule has 1 atom stereocenters. The van der Waals surface area contributed by atoms with Crippen LogP contribution >= 0.6 is 22.6 Å². The van der Waals surface area contributed by atoms with Gasteiger partial charge in [0.1, 0.15) is 11.9 Å². The Hall–Kier alpha value is -1.76. The Labute approximate surface area is 124 Å². The van der Waals surface area contributed by atoms with E-state index in [1.54, 1.807) is 18.2 Å². The van der Waals surface area contributed by atoms with Crippen molar-refractivity contribution in [1.82, 2.24) is 5.32 Å². The van der Waals surface area contributed by atoms with Crippen LogP contribution < -0.4 is 10.6 Å². The smallest absolute Gasteiger partial charge is 0.255 e. The summed E-state index contributed by atoms with van der Waals surface area (Å²) in [6, 6.07) is 12.7. The van der Waals surface area contributed by atoms with Gasteiger partial charge < -0.3 is 15.7 Å².